The van der Waals surface area contributed by atoms with Crippen LogP contribution < -0.4 is 15.0 Å². The molecule has 0 unspecified atom stereocenters. The van der Waals surface area contributed by atoms with E-state index in [1.54, 1.807) is 0 Å². The van der Waals surface area contributed by atoms with E-state index in [9.17, 15) is 0 Å². The molecule has 0 saturated carbocycles. The molecule has 2 aliphatic rings. The summed E-state index contributed by atoms with van der Waals surface area (Å²) in [6.07, 6.45) is 1.07. The van der Waals surface area contributed by atoms with Crippen molar-refractivity contribution in [2.24, 2.45) is 0 Å². The molecule has 2 aromatic carbocycles. The van der Waals surface area contributed by atoms with Crippen LogP contribution >= 0.6 is 0 Å². The standard InChI is InChI=1S/C18H20N2O/c1-2-5-18-17(4-1)20(8-3-9-21-18)13-14-6-7-15-11-19-12-16(15)10-14/h1-2,4-7,10,19H,3,8-9,11-13H2. The molecule has 0 bridgehead atoms. The molecule has 0 spiro atoms. The quantitative estimate of drug-likeness (QED) is 0.915. The van der Waals surface area contributed by atoms with Crippen molar-refractivity contribution < 1.29 is 4.74 Å². The maximum atomic E-state index is 5.84. The number of ether oxygens (including phenoxy) is 1. The van der Waals surface area contributed by atoms with Crippen molar-refractivity contribution in [1.82, 2.24) is 5.32 Å². The zero-order chi connectivity index (χ0) is 14.1. The van der Waals surface area contributed by atoms with Crippen molar-refractivity contribution >= 4 is 5.69 Å². The number of nitrogens with zero attached hydrogens (tertiary/aromatic N) is 1. The van der Waals surface area contributed by atoms with E-state index in [0.29, 0.717) is 0 Å². The molecule has 108 valence electrons. The third kappa shape index (κ3) is 2.49. The molecule has 3 nitrogen and oxygen atoms in total. The smallest absolute Gasteiger partial charge is 0.142 e. The van der Waals surface area contributed by atoms with Gasteiger partial charge in [-0.25, -0.2) is 0 Å². The van der Waals surface area contributed by atoms with Gasteiger partial charge in [0.25, 0.3) is 0 Å². The van der Waals surface area contributed by atoms with E-state index >= 15 is 0 Å². The van der Waals surface area contributed by atoms with Crippen LogP contribution in [0, 0.1) is 0 Å². The molecule has 21 heavy (non-hydrogen) atoms. The van der Waals surface area contributed by atoms with Crippen LogP contribution in [0.25, 0.3) is 0 Å². The fourth-order valence-corrected chi connectivity index (χ4v) is 3.23. The first kappa shape index (κ1) is 12.7. The highest BCUT2D eigenvalue weighted by atomic mass is 16.5. The molecule has 0 aliphatic carbocycles. The predicted octanol–water partition coefficient (Wildman–Crippen LogP) is 3.08. The Labute approximate surface area is 125 Å². The maximum Gasteiger partial charge on any atom is 0.142 e. The predicted molar refractivity (Wildman–Crippen MR) is 84.6 cm³/mol. The van der Waals surface area contributed by atoms with Crippen molar-refractivity contribution in [1.29, 1.82) is 0 Å². The first-order valence-corrected chi connectivity index (χ1v) is 7.68. The first-order valence-electron chi connectivity index (χ1n) is 7.68. The lowest BCUT2D eigenvalue weighted by Crippen LogP contribution is -2.23. The Morgan fingerprint density at radius 1 is 1.05 bits per heavy atom. The molecule has 1 N–H and O–H groups in total. The molecular weight excluding hydrogens is 260 g/mol. The highest BCUT2D eigenvalue weighted by Crippen LogP contribution is 2.31. The van der Waals surface area contributed by atoms with E-state index in [1.165, 1.54) is 22.4 Å². The van der Waals surface area contributed by atoms with Crippen LogP contribution in [0.2, 0.25) is 0 Å². The summed E-state index contributed by atoms with van der Waals surface area (Å²) < 4.78 is 5.84. The largest absolute Gasteiger partial charge is 0.491 e. The topological polar surface area (TPSA) is 24.5 Å². The monoisotopic (exact) mass is 280 g/mol. The van der Waals surface area contributed by atoms with Gasteiger partial charge in [-0.15, -0.1) is 0 Å². The summed E-state index contributed by atoms with van der Waals surface area (Å²) >= 11 is 0. The van der Waals surface area contributed by atoms with E-state index < -0.39 is 0 Å². The van der Waals surface area contributed by atoms with E-state index in [4.69, 9.17) is 4.74 Å². The van der Waals surface area contributed by atoms with Crippen LogP contribution in [0.15, 0.2) is 42.5 Å². The van der Waals surface area contributed by atoms with E-state index in [-0.39, 0.29) is 0 Å². The summed E-state index contributed by atoms with van der Waals surface area (Å²) in [5.41, 5.74) is 5.49. The Morgan fingerprint density at radius 2 is 1.95 bits per heavy atom. The molecule has 0 radical (unpaired) electrons. The fourth-order valence-electron chi connectivity index (χ4n) is 3.23. The zero-order valence-electron chi connectivity index (χ0n) is 12.1. The summed E-state index contributed by atoms with van der Waals surface area (Å²) in [6.45, 7) is 4.82. The second-order valence-electron chi connectivity index (χ2n) is 5.80. The van der Waals surface area contributed by atoms with Gasteiger partial charge in [0.15, 0.2) is 0 Å². The summed E-state index contributed by atoms with van der Waals surface area (Å²) in [6, 6.07) is 15.3. The number of nitrogens with one attached hydrogen (secondary N) is 1. The summed E-state index contributed by atoms with van der Waals surface area (Å²) in [5.74, 6) is 1.01. The normalized spacial score (nSPS) is 16.9. The minimum absolute atomic E-state index is 0.807. The van der Waals surface area contributed by atoms with Gasteiger partial charge in [-0.05, 0) is 35.2 Å². The first-order chi connectivity index (χ1) is 10.4. The summed E-state index contributed by atoms with van der Waals surface area (Å²) in [7, 11) is 0. The molecule has 3 heteroatoms. The van der Waals surface area contributed by atoms with Gasteiger partial charge in [0, 0.05) is 26.2 Å². The Bertz CT molecular complexity index is 653. The molecule has 0 aromatic heterocycles. The van der Waals surface area contributed by atoms with Gasteiger partial charge in [0.2, 0.25) is 0 Å². The molecule has 2 heterocycles. The average Bonchev–Trinajstić information content (AvgIpc) is 2.89. The molecule has 2 aliphatic heterocycles. The van der Waals surface area contributed by atoms with Crippen molar-refractivity contribution in [3.05, 3.63) is 59.2 Å². The lowest BCUT2D eigenvalue weighted by Gasteiger charge is -2.24. The van der Waals surface area contributed by atoms with Crippen molar-refractivity contribution in [2.45, 2.75) is 26.1 Å². The van der Waals surface area contributed by atoms with Gasteiger partial charge in [-0.1, -0.05) is 30.3 Å². The Hall–Kier alpha value is -2.00. The molecule has 0 fully saturated rings. The number of hydrogen-bond acceptors (Lipinski definition) is 3. The van der Waals surface area contributed by atoms with Crippen molar-refractivity contribution in [3.8, 4) is 5.75 Å². The number of para-hydroxylation sites is 2. The van der Waals surface area contributed by atoms with Crippen molar-refractivity contribution in [3.63, 3.8) is 0 Å². The highest BCUT2D eigenvalue weighted by Gasteiger charge is 2.17. The number of fused-ring (bicyclic) bond motifs is 2. The molecule has 0 atom stereocenters. The highest BCUT2D eigenvalue weighted by molar-refractivity contribution is 5.59. The van der Waals surface area contributed by atoms with Crippen LogP contribution in [0.1, 0.15) is 23.1 Å². The van der Waals surface area contributed by atoms with Gasteiger partial charge in [-0.2, -0.15) is 0 Å². The zero-order valence-corrected chi connectivity index (χ0v) is 12.1. The lowest BCUT2D eigenvalue weighted by molar-refractivity contribution is 0.322. The molecule has 0 amide bonds. The summed E-state index contributed by atoms with van der Waals surface area (Å²) in [5, 5.41) is 3.41. The SMILES string of the molecule is c1ccc2c(c1)OCCCN2Cc1ccc2c(c1)CNC2. The van der Waals surface area contributed by atoms with Crippen LogP contribution in [-0.2, 0) is 19.6 Å². The fraction of sp³-hybridized carbons (Fsp3) is 0.333. The second-order valence-corrected chi connectivity index (χ2v) is 5.80. The van der Waals surface area contributed by atoms with Gasteiger partial charge < -0.3 is 15.0 Å². The maximum absolute atomic E-state index is 5.84. The van der Waals surface area contributed by atoms with Gasteiger partial charge in [0.05, 0.1) is 12.3 Å². The van der Waals surface area contributed by atoms with Crippen LogP contribution in [0.4, 0.5) is 5.69 Å². The van der Waals surface area contributed by atoms with Gasteiger partial charge in [-0.3, -0.25) is 0 Å². The second kappa shape index (κ2) is 5.41. The molecule has 0 saturated heterocycles. The number of anilines is 1. The lowest BCUT2D eigenvalue weighted by atomic mass is 10.1. The van der Waals surface area contributed by atoms with E-state index in [1.807, 2.05) is 6.07 Å². The van der Waals surface area contributed by atoms with Crippen LogP contribution in [0.3, 0.4) is 0 Å². The number of hydrogen-bond donors (Lipinski definition) is 1. The Balaban J connectivity index is 1.62. The molecule has 2 aromatic rings. The van der Waals surface area contributed by atoms with Crippen LogP contribution in [-0.4, -0.2) is 13.2 Å². The Morgan fingerprint density at radius 3 is 2.95 bits per heavy atom. The molecule has 4 rings (SSSR count). The van der Waals surface area contributed by atoms with Crippen LogP contribution in [0.5, 0.6) is 5.75 Å². The third-order valence-corrected chi connectivity index (χ3v) is 4.31. The number of benzene rings is 2. The number of rotatable bonds is 2. The van der Waals surface area contributed by atoms with Gasteiger partial charge >= 0.3 is 0 Å². The summed E-state index contributed by atoms with van der Waals surface area (Å²) in [4.78, 5) is 2.44. The minimum atomic E-state index is 0.807. The van der Waals surface area contributed by atoms with E-state index in [0.717, 1.165) is 45.0 Å². The minimum Gasteiger partial charge on any atom is -0.491 e. The Kier molecular flexibility index (Phi) is 3.28. The van der Waals surface area contributed by atoms with E-state index in [2.05, 4.69) is 46.6 Å². The molecular formula is C18H20N2O. The van der Waals surface area contributed by atoms with Gasteiger partial charge in [0.1, 0.15) is 5.75 Å². The van der Waals surface area contributed by atoms with Crippen molar-refractivity contribution in [2.75, 3.05) is 18.1 Å². The third-order valence-electron chi connectivity index (χ3n) is 4.31. The average molecular weight is 280 g/mol.